The van der Waals surface area contributed by atoms with Crippen LogP contribution < -0.4 is 0 Å². The minimum Gasteiger partial charge on any atom is -0.466 e. The number of hydrogen-bond donors (Lipinski definition) is 0. The fraction of sp³-hybridized carbons (Fsp3) is 0.875. The molecule has 1 fully saturated rings. The lowest BCUT2D eigenvalue weighted by molar-refractivity contribution is -0.155. The van der Waals surface area contributed by atoms with Crippen molar-refractivity contribution in [2.24, 2.45) is 11.8 Å². The third kappa shape index (κ3) is 5.93. The van der Waals surface area contributed by atoms with Crippen LogP contribution in [0.2, 0.25) is 0 Å². The van der Waals surface area contributed by atoms with Crippen molar-refractivity contribution in [2.45, 2.75) is 65.2 Å². The Morgan fingerprint density at radius 2 is 1.40 bits per heavy atom. The van der Waals surface area contributed by atoms with E-state index in [1.54, 1.807) is 0 Å². The van der Waals surface area contributed by atoms with E-state index in [4.69, 9.17) is 9.47 Å². The Bertz CT molecular complexity index is 293. The molecule has 116 valence electrons. The third-order valence-corrected chi connectivity index (χ3v) is 3.92. The highest BCUT2D eigenvalue weighted by Gasteiger charge is 2.31. The van der Waals surface area contributed by atoms with E-state index >= 15 is 0 Å². The average molecular weight is 284 g/mol. The lowest BCUT2D eigenvalue weighted by Crippen LogP contribution is -2.28. The molecule has 0 spiro atoms. The summed E-state index contributed by atoms with van der Waals surface area (Å²) in [6, 6.07) is 0. The van der Waals surface area contributed by atoms with Crippen LogP contribution >= 0.6 is 0 Å². The third-order valence-electron chi connectivity index (χ3n) is 3.92. The number of ether oxygens (including phenoxy) is 2. The number of carbonyl (C=O) groups excluding carboxylic acids is 2. The fourth-order valence-electron chi connectivity index (χ4n) is 2.64. The van der Waals surface area contributed by atoms with Gasteiger partial charge in [0.1, 0.15) is 0 Å². The Labute approximate surface area is 122 Å². The van der Waals surface area contributed by atoms with Crippen LogP contribution in [0.25, 0.3) is 0 Å². The number of esters is 2. The minimum absolute atomic E-state index is 0.0214. The van der Waals surface area contributed by atoms with Crippen LogP contribution in [-0.2, 0) is 19.1 Å². The summed E-state index contributed by atoms with van der Waals surface area (Å²) in [6.07, 6.45) is 7.45. The van der Waals surface area contributed by atoms with Gasteiger partial charge in [-0.3, -0.25) is 9.59 Å². The second-order valence-corrected chi connectivity index (χ2v) is 5.53. The van der Waals surface area contributed by atoms with Crippen molar-refractivity contribution in [3.63, 3.8) is 0 Å². The Morgan fingerprint density at radius 3 is 1.90 bits per heavy atom. The molecule has 0 bridgehead atoms. The molecule has 0 atom stereocenters. The molecule has 1 rings (SSSR count). The molecule has 0 aliphatic heterocycles. The molecule has 1 aliphatic rings. The van der Waals surface area contributed by atoms with Gasteiger partial charge >= 0.3 is 11.9 Å². The van der Waals surface area contributed by atoms with Gasteiger partial charge in [0.2, 0.25) is 0 Å². The molecule has 0 aromatic heterocycles. The lowest BCUT2D eigenvalue weighted by Gasteiger charge is -2.25. The molecule has 0 heterocycles. The molecule has 0 unspecified atom stereocenters. The first kappa shape index (κ1) is 17.0. The van der Waals surface area contributed by atoms with Gasteiger partial charge in [-0.05, 0) is 39.0 Å². The van der Waals surface area contributed by atoms with Crippen LogP contribution in [-0.4, -0.2) is 25.2 Å². The second-order valence-electron chi connectivity index (χ2n) is 5.53. The first-order chi connectivity index (χ1) is 9.69. The van der Waals surface area contributed by atoms with Crippen LogP contribution in [0, 0.1) is 11.8 Å². The first-order valence-electron chi connectivity index (χ1n) is 8.02. The molecule has 20 heavy (non-hydrogen) atoms. The Morgan fingerprint density at radius 1 is 0.850 bits per heavy atom. The molecule has 1 aliphatic carbocycles. The van der Waals surface area contributed by atoms with Crippen LogP contribution in [0.15, 0.2) is 0 Å². The van der Waals surface area contributed by atoms with E-state index in [1.807, 2.05) is 6.92 Å². The predicted octanol–water partition coefficient (Wildman–Crippen LogP) is 3.48. The van der Waals surface area contributed by atoms with Gasteiger partial charge in [0.15, 0.2) is 0 Å². The fourth-order valence-corrected chi connectivity index (χ4v) is 2.64. The molecule has 4 heteroatoms. The van der Waals surface area contributed by atoms with Crippen LogP contribution in [0.1, 0.15) is 65.2 Å². The van der Waals surface area contributed by atoms with Gasteiger partial charge < -0.3 is 9.47 Å². The zero-order valence-corrected chi connectivity index (χ0v) is 12.9. The largest absolute Gasteiger partial charge is 0.466 e. The standard InChI is InChI=1S/C16H28O4/c1-3-5-6-7-12-20-16(18)14-10-8-13(9-11-14)15(17)19-4-2/h13-14H,3-12H2,1-2H3. The van der Waals surface area contributed by atoms with Crippen molar-refractivity contribution in [1.82, 2.24) is 0 Å². The quantitative estimate of drug-likeness (QED) is 0.506. The monoisotopic (exact) mass is 284 g/mol. The summed E-state index contributed by atoms with van der Waals surface area (Å²) < 4.78 is 10.3. The smallest absolute Gasteiger partial charge is 0.308 e. The number of carbonyl (C=O) groups is 2. The van der Waals surface area contributed by atoms with E-state index in [0.29, 0.717) is 13.2 Å². The van der Waals surface area contributed by atoms with Gasteiger partial charge in [-0.2, -0.15) is 0 Å². The van der Waals surface area contributed by atoms with Gasteiger partial charge in [0.05, 0.1) is 25.0 Å². The molecule has 1 saturated carbocycles. The second kappa shape index (κ2) is 9.78. The summed E-state index contributed by atoms with van der Waals surface area (Å²) in [6.45, 7) is 4.95. The van der Waals surface area contributed by atoms with Gasteiger partial charge in [-0.15, -0.1) is 0 Å². The minimum atomic E-state index is -0.112. The average Bonchev–Trinajstić information content (AvgIpc) is 2.47. The van der Waals surface area contributed by atoms with E-state index in [-0.39, 0.29) is 23.8 Å². The van der Waals surface area contributed by atoms with Crippen molar-refractivity contribution in [1.29, 1.82) is 0 Å². The molecule has 0 radical (unpaired) electrons. The normalized spacial score (nSPS) is 22.3. The number of hydrogen-bond acceptors (Lipinski definition) is 4. The number of unbranched alkanes of at least 4 members (excludes halogenated alkanes) is 3. The van der Waals surface area contributed by atoms with Crippen LogP contribution in [0.4, 0.5) is 0 Å². The van der Waals surface area contributed by atoms with Crippen molar-refractivity contribution in [3.05, 3.63) is 0 Å². The van der Waals surface area contributed by atoms with E-state index < -0.39 is 0 Å². The molecule has 4 nitrogen and oxygen atoms in total. The maximum absolute atomic E-state index is 11.9. The molecule has 0 amide bonds. The Hall–Kier alpha value is -1.06. The molecule has 0 N–H and O–H groups in total. The van der Waals surface area contributed by atoms with Crippen molar-refractivity contribution in [2.75, 3.05) is 13.2 Å². The summed E-state index contributed by atoms with van der Waals surface area (Å²) in [4.78, 5) is 23.5. The Balaban J connectivity index is 2.17. The zero-order chi connectivity index (χ0) is 14.8. The summed E-state index contributed by atoms with van der Waals surface area (Å²) in [5.41, 5.74) is 0. The van der Waals surface area contributed by atoms with E-state index in [0.717, 1.165) is 38.5 Å². The summed E-state index contributed by atoms with van der Waals surface area (Å²) in [7, 11) is 0. The molecule has 0 saturated heterocycles. The predicted molar refractivity (Wildman–Crippen MR) is 77.2 cm³/mol. The van der Waals surface area contributed by atoms with Gasteiger partial charge in [-0.1, -0.05) is 26.2 Å². The van der Waals surface area contributed by atoms with Crippen LogP contribution in [0.5, 0.6) is 0 Å². The highest BCUT2D eigenvalue weighted by atomic mass is 16.5. The molecular weight excluding hydrogens is 256 g/mol. The van der Waals surface area contributed by atoms with E-state index in [9.17, 15) is 9.59 Å². The molecular formula is C16H28O4. The lowest BCUT2D eigenvalue weighted by atomic mass is 9.82. The highest BCUT2D eigenvalue weighted by molar-refractivity contribution is 5.75. The van der Waals surface area contributed by atoms with Gasteiger partial charge in [0.25, 0.3) is 0 Å². The summed E-state index contributed by atoms with van der Waals surface area (Å²) >= 11 is 0. The van der Waals surface area contributed by atoms with Crippen molar-refractivity contribution in [3.8, 4) is 0 Å². The highest BCUT2D eigenvalue weighted by Crippen LogP contribution is 2.30. The first-order valence-corrected chi connectivity index (χ1v) is 8.02. The van der Waals surface area contributed by atoms with E-state index in [2.05, 4.69) is 6.92 Å². The van der Waals surface area contributed by atoms with Gasteiger partial charge in [0, 0.05) is 0 Å². The topological polar surface area (TPSA) is 52.6 Å². The summed E-state index contributed by atoms with van der Waals surface area (Å²) in [5, 5.41) is 0. The van der Waals surface area contributed by atoms with Crippen molar-refractivity contribution < 1.29 is 19.1 Å². The molecule has 0 aromatic rings. The number of rotatable bonds is 8. The summed E-state index contributed by atoms with van der Waals surface area (Å²) in [5.74, 6) is -0.238. The van der Waals surface area contributed by atoms with Gasteiger partial charge in [-0.25, -0.2) is 0 Å². The maximum atomic E-state index is 11.9. The van der Waals surface area contributed by atoms with E-state index in [1.165, 1.54) is 12.8 Å². The zero-order valence-electron chi connectivity index (χ0n) is 12.9. The SMILES string of the molecule is CCCCCCOC(=O)C1CCC(C(=O)OCC)CC1. The Kier molecular flexibility index (Phi) is 8.31. The van der Waals surface area contributed by atoms with Crippen molar-refractivity contribution >= 4 is 11.9 Å². The maximum Gasteiger partial charge on any atom is 0.308 e. The molecule has 0 aromatic carbocycles. The van der Waals surface area contributed by atoms with Crippen LogP contribution in [0.3, 0.4) is 0 Å².